The number of hydrogen-bond donors (Lipinski definition) is 1. The van der Waals surface area contributed by atoms with Crippen LogP contribution in [0.2, 0.25) is 5.28 Å². The predicted octanol–water partition coefficient (Wildman–Crippen LogP) is 4.44. The first-order chi connectivity index (χ1) is 9.99. The van der Waals surface area contributed by atoms with E-state index in [1.807, 2.05) is 32.9 Å². The van der Waals surface area contributed by atoms with Crippen molar-refractivity contribution in [2.24, 2.45) is 0 Å². The second-order valence-corrected chi connectivity index (χ2v) is 5.74. The van der Waals surface area contributed by atoms with E-state index in [1.165, 1.54) is 0 Å². The maximum Gasteiger partial charge on any atom is 0.322 e. The Hall–Kier alpha value is -1.40. The third kappa shape index (κ3) is 4.28. The van der Waals surface area contributed by atoms with Crippen molar-refractivity contribution in [1.82, 2.24) is 15.0 Å². The van der Waals surface area contributed by atoms with Gasteiger partial charge in [0.25, 0.3) is 0 Å². The summed E-state index contributed by atoms with van der Waals surface area (Å²) in [7, 11) is 0. The monoisotopic (exact) mass is 370 g/mol. The minimum Gasteiger partial charge on any atom is -0.463 e. The number of aryl methyl sites for hydroxylation is 2. The van der Waals surface area contributed by atoms with Crippen molar-refractivity contribution >= 4 is 39.2 Å². The van der Waals surface area contributed by atoms with E-state index in [2.05, 4.69) is 36.2 Å². The van der Waals surface area contributed by atoms with Gasteiger partial charge in [-0.3, -0.25) is 0 Å². The van der Waals surface area contributed by atoms with Gasteiger partial charge in [-0.25, -0.2) is 0 Å². The van der Waals surface area contributed by atoms with Gasteiger partial charge in [0.2, 0.25) is 11.2 Å². The van der Waals surface area contributed by atoms with Crippen LogP contribution in [0.25, 0.3) is 0 Å². The molecule has 1 aromatic carbocycles. The number of benzene rings is 1. The molecule has 0 bridgehead atoms. The Kier molecular flexibility index (Phi) is 5.36. The normalized spacial score (nSPS) is 10.5. The Morgan fingerprint density at radius 2 is 1.86 bits per heavy atom. The highest BCUT2D eigenvalue weighted by Crippen LogP contribution is 2.26. The van der Waals surface area contributed by atoms with Crippen molar-refractivity contribution < 1.29 is 4.74 Å². The molecular formula is C14H16BrClN4O. The third-order valence-corrected chi connectivity index (χ3v) is 4.14. The maximum absolute atomic E-state index is 5.89. The van der Waals surface area contributed by atoms with Crippen molar-refractivity contribution in [3.63, 3.8) is 0 Å². The Morgan fingerprint density at radius 3 is 2.48 bits per heavy atom. The first-order valence-electron chi connectivity index (χ1n) is 6.57. The van der Waals surface area contributed by atoms with Gasteiger partial charge in [0.1, 0.15) is 0 Å². The van der Waals surface area contributed by atoms with Gasteiger partial charge in [-0.15, -0.1) is 0 Å². The van der Waals surface area contributed by atoms with Crippen molar-refractivity contribution in [3.8, 4) is 6.01 Å². The number of halogens is 2. The molecule has 0 aliphatic rings. The smallest absolute Gasteiger partial charge is 0.322 e. The lowest BCUT2D eigenvalue weighted by molar-refractivity contribution is 0.292. The molecule has 0 saturated heterocycles. The van der Waals surface area contributed by atoms with E-state index < -0.39 is 0 Å². The predicted molar refractivity (Wildman–Crippen MR) is 87.5 cm³/mol. The van der Waals surface area contributed by atoms with Gasteiger partial charge in [-0.2, -0.15) is 15.0 Å². The minimum atomic E-state index is 0.101. The third-order valence-electron chi connectivity index (χ3n) is 2.72. The average molecular weight is 372 g/mol. The minimum absolute atomic E-state index is 0.101. The van der Waals surface area contributed by atoms with Gasteiger partial charge in [0, 0.05) is 10.2 Å². The Bertz CT molecular complexity index is 628. The summed E-state index contributed by atoms with van der Waals surface area (Å²) >= 11 is 9.43. The zero-order valence-electron chi connectivity index (χ0n) is 12.1. The number of nitrogens with zero attached hydrogens (tertiary/aromatic N) is 3. The SMILES string of the molecule is CCCOc1nc(Cl)nc(Nc2cc(C)c(Br)c(C)c2)n1. The number of aromatic nitrogens is 3. The summed E-state index contributed by atoms with van der Waals surface area (Å²) in [6.45, 7) is 6.60. The molecular weight excluding hydrogens is 356 g/mol. The molecule has 0 atom stereocenters. The summed E-state index contributed by atoms with van der Waals surface area (Å²) in [4.78, 5) is 12.2. The molecule has 0 aliphatic carbocycles. The van der Waals surface area contributed by atoms with Gasteiger partial charge in [-0.05, 0) is 55.1 Å². The van der Waals surface area contributed by atoms with Crippen LogP contribution in [0.5, 0.6) is 6.01 Å². The molecule has 0 spiro atoms. The van der Waals surface area contributed by atoms with Gasteiger partial charge in [0.15, 0.2) is 0 Å². The molecule has 21 heavy (non-hydrogen) atoms. The molecule has 0 aliphatic heterocycles. The van der Waals surface area contributed by atoms with Crippen molar-refractivity contribution in [1.29, 1.82) is 0 Å². The summed E-state index contributed by atoms with van der Waals surface area (Å²) in [6, 6.07) is 4.23. The van der Waals surface area contributed by atoms with Gasteiger partial charge in [0.05, 0.1) is 6.61 Å². The van der Waals surface area contributed by atoms with Gasteiger partial charge in [-0.1, -0.05) is 22.9 Å². The van der Waals surface area contributed by atoms with Crippen LogP contribution in [0, 0.1) is 13.8 Å². The zero-order valence-corrected chi connectivity index (χ0v) is 14.4. The molecule has 0 radical (unpaired) electrons. The summed E-state index contributed by atoms with van der Waals surface area (Å²) in [5.41, 5.74) is 3.14. The van der Waals surface area contributed by atoms with Crippen molar-refractivity contribution in [2.75, 3.05) is 11.9 Å². The van der Waals surface area contributed by atoms with E-state index >= 15 is 0 Å². The molecule has 112 valence electrons. The standard InChI is InChI=1S/C14H16BrClN4O/c1-4-5-21-14-19-12(16)18-13(20-14)17-10-6-8(2)11(15)9(3)7-10/h6-7H,4-5H2,1-3H3,(H,17,18,19,20). The molecule has 0 unspecified atom stereocenters. The lowest BCUT2D eigenvalue weighted by Crippen LogP contribution is -2.05. The van der Waals surface area contributed by atoms with Crippen LogP contribution < -0.4 is 10.1 Å². The average Bonchev–Trinajstić information content (AvgIpc) is 2.42. The molecule has 1 aromatic heterocycles. The lowest BCUT2D eigenvalue weighted by Gasteiger charge is -2.10. The van der Waals surface area contributed by atoms with E-state index in [0.29, 0.717) is 12.6 Å². The van der Waals surface area contributed by atoms with Crippen LogP contribution in [-0.4, -0.2) is 21.6 Å². The molecule has 5 nitrogen and oxygen atoms in total. The van der Waals surface area contributed by atoms with E-state index in [-0.39, 0.29) is 11.3 Å². The molecule has 1 heterocycles. The van der Waals surface area contributed by atoms with E-state index in [9.17, 15) is 0 Å². The Balaban J connectivity index is 2.24. The van der Waals surface area contributed by atoms with E-state index in [1.54, 1.807) is 0 Å². The molecule has 0 fully saturated rings. The van der Waals surface area contributed by atoms with Crippen LogP contribution in [0.15, 0.2) is 16.6 Å². The fourth-order valence-corrected chi connectivity index (χ4v) is 2.17. The van der Waals surface area contributed by atoms with Crippen LogP contribution >= 0.6 is 27.5 Å². The van der Waals surface area contributed by atoms with Crippen LogP contribution in [0.1, 0.15) is 24.5 Å². The summed E-state index contributed by atoms with van der Waals surface area (Å²) in [5, 5.41) is 3.22. The Morgan fingerprint density at radius 1 is 1.19 bits per heavy atom. The zero-order chi connectivity index (χ0) is 15.4. The van der Waals surface area contributed by atoms with E-state index in [4.69, 9.17) is 16.3 Å². The fraction of sp³-hybridized carbons (Fsp3) is 0.357. The largest absolute Gasteiger partial charge is 0.463 e. The van der Waals surface area contributed by atoms with Crippen LogP contribution in [0.4, 0.5) is 11.6 Å². The maximum atomic E-state index is 5.89. The summed E-state index contributed by atoms with van der Waals surface area (Å²) in [6.07, 6.45) is 0.872. The number of ether oxygens (including phenoxy) is 1. The highest BCUT2D eigenvalue weighted by Gasteiger charge is 2.08. The molecule has 2 aromatic rings. The van der Waals surface area contributed by atoms with Crippen LogP contribution in [0.3, 0.4) is 0 Å². The van der Waals surface area contributed by atoms with Crippen LogP contribution in [-0.2, 0) is 0 Å². The number of anilines is 2. The highest BCUT2D eigenvalue weighted by atomic mass is 79.9. The molecule has 2 rings (SSSR count). The number of nitrogens with one attached hydrogen (secondary N) is 1. The summed E-state index contributed by atoms with van der Waals surface area (Å²) < 4.78 is 6.48. The van der Waals surface area contributed by atoms with Gasteiger partial charge >= 0.3 is 6.01 Å². The second-order valence-electron chi connectivity index (χ2n) is 4.61. The second kappa shape index (κ2) is 7.04. The van der Waals surface area contributed by atoms with E-state index in [0.717, 1.165) is 27.7 Å². The molecule has 7 heteroatoms. The Labute approximate surface area is 137 Å². The number of hydrogen-bond acceptors (Lipinski definition) is 5. The highest BCUT2D eigenvalue weighted by molar-refractivity contribution is 9.10. The quantitative estimate of drug-likeness (QED) is 0.842. The topological polar surface area (TPSA) is 59.9 Å². The van der Waals surface area contributed by atoms with Gasteiger partial charge < -0.3 is 10.1 Å². The van der Waals surface area contributed by atoms with Crippen molar-refractivity contribution in [3.05, 3.63) is 33.0 Å². The molecule has 1 N–H and O–H groups in total. The lowest BCUT2D eigenvalue weighted by atomic mass is 10.1. The fourth-order valence-electron chi connectivity index (χ4n) is 1.79. The first kappa shape index (κ1) is 16.0. The molecule has 0 saturated carbocycles. The number of rotatable bonds is 5. The first-order valence-corrected chi connectivity index (χ1v) is 7.75. The molecule has 0 amide bonds. The summed E-state index contributed by atoms with van der Waals surface area (Å²) in [5.74, 6) is 0.363. The van der Waals surface area contributed by atoms with Crippen molar-refractivity contribution in [2.45, 2.75) is 27.2 Å².